The summed E-state index contributed by atoms with van der Waals surface area (Å²) in [4.78, 5) is 0. The summed E-state index contributed by atoms with van der Waals surface area (Å²) < 4.78 is 17.0. The van der Waals surface area contributed by atoms with E-state index in [-0.39, 0.29) is 5.22 Å². The fourth-order valence-corrected chi connectivity index (χ4v) is 4.85. The SMILES string of the molecule is CO[SiH](OC)C1(CCCC(O)S)CCCCO1. The van der Waals surface area contributed by atoms with E-state index in [9.17, 15) is 5.11 Å². The maximum atomic E-state index is 9.19. The first-order valence-corrected chi connectivity index (χ1v) is 8.24. The van der Waals surface area contributed by atoms with Crippen LogP contribution in [0.1, 0.15) is 38.5 Å². The van der Waals surface area contributed by atoms with Gasteiger partial charge in [-0.3, -0.25) is 0 Å². The van der Waals surface area contributed by atoms with Crippen LogP contribution in [-0.2, 0) is 13.6 Å². The van der Waals surface area contributed by atoms with Crippen molar-refractivity contribution in [3.8, 4) is 0 Å². The van der Waals surface area contributed by atoms with Crippen LogP contribution in [-0.4, -0.2) is 45.9 Å². The second kappa shape index (κ2) is 7.76. The zero-order valence-corrected chi connectivity index (χ0v) is 12.8. The van der Waals surface area contributed by atoms with Crippen molar-refractivity contribution < 1.29 is 18.7 Å². The molecule has 4 nitrogen and oxygen atoms in total. The first-order valence-electron chi connectivity index (χ1n) is 6.20. The van der Waals surface area contributed by atoms with E-state index in [1.165, 1.54) is 6.42 Å². The van der Waals surface area contributed by atoms with Crippen molar-refractivity contribution in [2.45, 2.75) is 49.2 Å². The lowest BCUT2D eigenvalue weighted by Gasteiger charge is -2.40. The lowest BCUT2D eigenvalue weighted by molar-refractivity contribution is -0.0534. The topological polar surface area (TPSA) is 47.9 Å². The molecule has 1 fully saturated rings. The minimum atomic E-state index is -1.80. The zero-order chi connectivity index (χ0) is 12.7. The number of aliphatic hydroxyl groups excluding tert-OH is 1. The fraction of sp³-hybridized carbons (Fsp3) is 1.00. The molecule has 0 bridgehead atoms. The van der Waals surface area contributed by atoms with Gasteiger partial charge in [-0.15, -0.1) is 12.6 Å². The molecule has 1 heterocycles. The van der Waals surface area contributed by atoms with E-state index >= 15 is 0 Å². The van der Waals surface area contributed by atoms with Gasteiger partial charge in [-0.1, -0.05) is 0 Å². The van der Waals surface area contributed by atoms with Gasteiger partial charge < -0.3 is 18.7 Å². The van der Waals surface area contributed by atoms with Crippen molar-refractivity contribution in [3.63, 3.8) is 0 Å². The van der Waals surface area contributed by atoms with Crippen molar-refractivity contribution >= 4 is 21.9 Å². The third-order valence-corrected chi connectivity index (χ3v) is 6.02. The Morgan fingerprint density at radius 1 is 1.41 bits per heavy atom. The maximum Gasteiger partial charge on any atom is 0.354 e. The number of ether oxygens (including phenoxy) is 1. The van der Waals surface area contributed by atoms with Gasteiger partial charge in [0.2, 0.25) is 0 Å². The minimum Gasteiger partial charge on any atom is -0.398 e. The molecule has 0 aromatic heterocycles. The van der Waals surface area contributed by atoms with Crippen molar-refractivity contribution in [2.24, 2.45) is 0 Å². The summed E-state index contributed by atoms with van der Waals surface area (Å²) in [5.41, 5.74) is -0.541. The van der Waals surface area contributed by atoms with E-state index in [4.69, 9.17) is 13.6 Å². The highest BCUT2D eigenvalue weighted by molar-refractivity contribution is 7.80. The average Bonchev–Trinajstić information content (AvgIpc) is 2.31. The van der Waals surface area contributed by atoms with Crippen LogP contribution in [0.2, 0.25) is 0 Å². The number of hydrogen-bond donors (Lipinski definition) is 2. The quantitative estimate of drug-likeness (QED) is 0.420. The first kappa shape index (κ1) is 15.5. The van der Waals surface area contributed by atoms with Gasteiger partial charge >= 0.3 is 9.28 Å². The molecule has 0 aliphatic carbocycles. The van der Waals surface area contributed by atoms with E-state index < -0.39 is 14.7 Å². The molecule has 2 unspecified atom stereocenters. The Labute approximate surface area is 111 Å². The number of hydrogen-bond acceptors (Lipinski definition) is 5. The Balaban J connectivity index is 2.57. The van der Waals surface area contributed by atoms with Crippen molar-refractivity contribution in [3.05, 3.63) is 0 Å². The predicted molar refractivity (Wildman–Crippen MR) is 72.5 cm³/mol. The summed E-state index contributed by atoms with van der Waals surface area (Å²) in [6.07, 6.45) is 5.76. The van der Waals surface area contributed by atoms with E-state index in [1.807, 2.05) is 0 Å². The summed E-state index contributed by atoms with van der Waals surface area (Å²) in [5, 5.41) is 8.97. The molecule has 1 aliphatic rings. The lowest BCUT2D eigenvalue weighted by Crippen LogP contribution is -2.53. The van der Waals surface area contributed by atoms with Crippen LogP contribution in [0.4, 0.5) is 0 Å². The second-order valence-electron chi connectivity index (χ2n) is 4.55. The molecule has 1 rings (SSSR count). The number of thiol groups is 1. The van der Waals surface area contributed by atoms with E-state index in [2.05, 4.69) is 12.6 Å². The largest absolute Gasteiger partial charge is 0.398 e. The molecule has 0 spiro atoms. The molecule has 1 N–H and O–H groups in total. The number of rotatable bonds is 7. The van der Waals surface area contributed by atoms with Gasteiger partial charge in [0.1, 0.15) is 5.22 Å². The van der Waals surface area contributed by atoms with Gasteiger partial charge in [0.25, 0.3) is 0 Å². The normalized spacial score (nSPS) is 27.4. The fourth-order valence-electron chi connectivity index (χ4n) is 2.48. The monoisotopic (exact) mass is 280 g/mol. The molecule has 0 aromatic rings. The second-order valence-corrected chi connectivity index (χ2v) is 7.80. The first-order chi connectivity index (χ1) is 8.14. The zero-order valence-electron chi connectivity index (χ0n) is 10.7. The summed E-state index contributed by atoms with van der Waals surface area (Å²) in [6, 6.07) is 0. The van der Waals surface area contributed by atoms with Crippen LogP contribution >= 0.6 is 12.6 Å². The minimum absolute atomic E-state index is 0.218. The summed E-state index contributed by atoms with van der Waals surface area (Å²) >= 11 is 3.98. The highest BCUT2D eigenvalue weighted by atomic mass is 32.1. The molecule has 1 saturated heterocycles. The van der Waals surface area contributed by atoms with Gasteiger partial charge in [-0.25, -0.2) is 0 Å². The van der Waals surface area contributed by atoms with Crippen LogP contribution in [0.15, 0.2) is 0 Å². The predicted octanol–water partition coefficient (Wildman–Crippen LogP) is 1.40. The molecular formula is C11H24O4SSi. The van der Waals surface area contributed by atoms with Crippen LogP contribution in [0.5, 0.6) is 0 Å². The standard InChI is InChI=1S/C11H24O4SSi/c1-13-17(14-2)11(7-3-4-9-15-11)8-5-6-10(12)16/h10,12,16-17H,3-9H2,1-2H3. The van der Waals surface area contributed by atoms with Gasteiger partial charge in [0.05, 0.1) is 5.44 Å². The van der Waals surface area contributed by atoms with Gasteiger partial charge in [-0.2, -0.15) is 0 Å². The Kier molecular flexibility index (Phi) is 7.06. The maximum absolute atomic E-state index is 9.19. The van der Waals surface area contributed by atoms with Crippen molar-refractivity contribution in [2.75, 3.05) is 20.8 Å². The molecule has 17 heavy (non-hydrogen) atoms. The molecule has 0 saturated carbocycles. The van der Waals surface area contributed by atoms with Crippen LogP contribution in [0.3, 0.4) is 0 Å². The number of aliphatic hydroxyl groups is 1. The van der Waals surface area contributed by atoms with E-state index in [1.54, 1.807) is 14.2 Å². The summed E-state index contributed by atoms with van der Waals surface area (Å²) in [7, 11) is 1.60. The molecule has 6 heteroatoms. The molecular weight excluding hydrogens is 256 g/mol. The Morgan fingerprint density at radius 3 is 2.59 bits per heavy atom. The smallest absolute Gasteiger partial charge is 0.354 e. The van der Waals surface area contributed by atoms with Crippen LogP contribution < -0.4 is 0 Å². The van der Waals surface area contributed by atoms with E-state index in [0.29, 0.717) is 6.42 Å². The van der Waals surface area contributed by atoms with E-state index in [0.717, 1.165) is 32.3 Å². The molecule has 0 radical (unpaired) electrons. The molecule has 1 aliphatic heterocycles. The summed E-state index contributed by atoms with van der Waals surface area (Å²) in [5.74, 6) is 0. The average molecular weight is 280 g/mol. The summed E-state index contributed by atoms with van der Waals surface area (Å²) in [6.45, 7) is 0.791. The molecule has 0 aromatic carbocycles. The third kappa shape index (κ3) is 4.53. The highest BCUT2D eigenvalue weighted by Gasteiger charge is 2.44. The molecule has 0 amide bonds. The van der Waals surface area contributed by atoms with Gasteiger partial charge in [0, 0.05) is 20.8 Å². The van der Waals surface area contributed by atoms with Crippen molar-refractivity contribution in [1.82, 2.24) is 0 Å². The lowest BCUT2D eigenvalue weighted by atomic mass is 10.0. The third-order valence-electron chi connectivity index (χ3n) is 3.30. The van der Waals surface area contributed by atoms with Gasteiger partial charge in [-0.05, 0) is 38.5 Å². The van der Waals surface area contributed by atoms with Crippen LogP contribution in [0.25, 0.3) is 0 Å². The van der Waals surface area contributed by atoms with Crippen molar-refractivity contribution in [1.29, 1.82) is 0 Å². The van der Waals surface area contributed by atoms with Gasteiger partial charge in [0.15, 0.2) is 0 Å². The Bertz CT molecular complexity index is 206. The highest BCUT2D eigenvalue weighted by Crippen LogP contribution is 2.33. The Hall–Kier alpha value is 0.407. The Morgan fingerprint density at radius 2 is 2.12 bits per heavy atom. The van der Waals surface area contributed by atoms with Crippen LogP contribution in [0, 0.1) is 0 Å². The molecule has 102 valence electrons. The molecule has 2 atom stereocenters.